The van der Waals surface area contributed by atoms with Crippen molar-refractivity contribution in [3.05, 3.63) is 59.2 Å². The molecule has 1 nitrogen and oxygen atoms in total. The smallest absolute Gasteiger partial charge is 0.00136 e. The van der Waals surface area contributed by atoms with Crippen molar-refractivity contribution in [2.24, 2.45) is 5.73 Å². The quantitative estimate of drug-likeness (QED) is 0.875. The average molecular weight is 279 g/mol. The fraction of sp³-hybridized carbons (Fsp3) is 0.400. The van der Waals surface area contributed by atoms with Crippen LogP contribution in [-0.4, -0.2) is 6.04 Å². The Hall–Kier alpha value is -1.60. The molecule has 1 atom stereocenters. The highest BCUT2D eigenvalue weighted by Crippen LogP contribution is 2.27. The number of aryl methyl sites for hydroxylation is 3. The molecule has 2 aromatic carbocycles. The number of hydrogen-bond donors (Lipinski definition) is 1. The predicted octanol–water partition coefficient (Wildman–Crippen LogP) is 4.51. The lowest BCUT2D eigenvalue weighted by atomic mass is 9.89. The van der Waals surface area contributed by atoms with E-state index < -0.39 is 0 Å². The molecule has 0 radical (unpaired) electrons. The van der Waals surface area contributed by atoms with Crippen LogP contribution < -0.4 is 5.73 Å². The maximum Gasteiger partial charge on any atom is 0.00136 e. The van der Waals surface area contributed by atoms with Gasteiger partial charge < -0.3 is 5.73 Å². The summed E-state index contributed by atoms with van der Waals surface area (Å²) < 4.78 is 0. The summed E-state index contributed by atoms with van der Waals surface area (Å²) in [6, 6.07) is 16.3. The van der Waals surface area contributed by atoms with E-state index in [1.165, 1.54) is 42.4 Å². The van der Waals surface area contributed by atoms with Crippen LogP contribution in [0.3, 0.4) is 0 Å². The van der Waals surface area contributed by atoms with Gasteiger partial charge in [-0.15, -0.1) is 0 Å². The number of fused-ring (bicyclic) bond motifs is 1. The van der Waals surface area contributed by atoms with E-state index in [4.69, 9.17) is 5.73 Å². The van der Waals surface area contributed by atoms with Crippen LogP contribution in [0.25, 0.3) is 11.1 Å². The van der Waals surface area contributed by atoms with Crippen molar-refractivity contribution in [2.75, 3.05) is 0 Å². The van der Waals surface area contributed by atoms with Gasteiger partial charge in [0.2, 0.25) is 0 Å². The van der Waals surface area contributed by atoms with Crippen LogP contribution in [0.1, 0.15) is 42.9 Å². The van der Waals surface area contributed by atoms with E-state index in [-0.39, 0.29) is 6.04 Å². The first-order valence-corrected chi connectivity index (χ1v) is 8.19. The molecular formula is C20H25N. The molecule has 0 spiro atoms. The van der Waals surface area contributed by atoms with Gasteiger partial charge in [0.25, 0.3) is 0 Å². The SMILES string of the molecule is CC(N)CCc1ccc(-c2ccc3c(c2)CCCC3)cc1. The Bertz CT molecular complexity index is 596. The summed E-state index contributed by atoms with van der Waals surface area (Å²) in [6.07, 6.45) is 7.31. The van der Waals surface area contributed by atoms with Crippen LogP contribution in [0.2, 0.25) is 0 Å². The molecule has 1 aliphatic carbocycles. The van der Waals surface area contributed by atoms with Gasteiger partial charge in [0.15, 0.2) is 0 Å². The third-order valence-corrected chi connectivity index (χ3v) is 4.52. The van der Waals surface area contributed by atoms with Gasteiger partial charge >= 0.3 is 0 Å². The zero-order valence-electron chi connectivity index (χ0n) is 12.9. The minimum absolute atomic E-state index is 0.283. The van der Waals surface area contributed by atoms with Gasteiger partial charge in [0, 0.05) is 6.04 Å². The van der Waals surface area contributed by atoms with E-state index in [1.54, 1.807) is 11.1 Å². The topological polar surface area (TPSA) is 26.0 Å². The van der Waals surface area contributed by atoms with E-state index in [0.29, 0.717) is 0 Å². The number of rotatable bonds is 4. The third kappa shape index (κ3) is 3.54. The molecule has 110 valence electrons. The molecule has 21 heavy (non-hydrogen) atoms. The first-order chi connectivity index (χ1) is 10.2. The Morgan fingerprint density at radius 2 is 1.57 bits per heavy atom. The Labute approximate surface area is 128 Å². The van der Waals surface area contributed by atoms with Crippen molar-refractivity contribution in [3.63, 3.8) is 0 Å². The first kappa shape index (κ1) is 14.3. The molecule has 1 aliphatic rings. The first-order valence-electron chi connectivity index (χ1n) is 8.19. The average Bonchev–Trinajstić information content (AvgIpc) is 2.53. The number of benzene rings is 2. The third-order valence-electron chi connectivity index (χ3n) is 4.52. The highest BCUT2D eigenvalue weighted by atomic mass is 14.6. The highest BCUT2D eigenvalue weighted by molar-refractivity contribution is 5.65. The van der Waals surface area contributed by atoms with Gasteiger partial charge in [-0.1, -0.05) is 42.5 Å². The van der Waals surface area contributed by atoms with Crippen molar-refractivity contribution in [1.29, 1.82) is 0 Å². The fourth-order valence-electron chi connectivity index (χ4n) is 3.17. The zero-order chi connectivity index (χ0) is 14.7. The van der Waals surface area contributed by atoms with Gasteiger partial charge in [-0.05, 0) is 73.3 Å². The second-order valence-electron chi connectivity index (χ2n) is 6.40. The van der Waals surface area contributed by atoms with Gasteiger partial charge in [-0.3, -0.25) is 0 Å². The summed E-state index contributed by atoms with van der Waals surface area (Å²) in [5.41, 5.74) is 13.0. The van der Waals surface area contributed by atoms with E-state index >= 15 is 0 Å². The van der Waals surface area contributed by atoms with Crippen molar-refractivity contribution in [2.45, 2.75) is 51.5 Å². The highest BCUT2D eigenvalue weighted by Gasteiger charge is 2.10. The van der Waals surface area contributed by atoms with E-state index in [2.05, 4.69) is 49.4 Å². The van der Waals surface area contributed by atoms with Crippen molar-refractivity contribution < 1.29 is 0 Å². The summed E-state index contributed by atoms with van der Waals surface area (Å²) in [5, 5.41) is 0. The van der Waals surface area contributed by atoms with Crippen LogP contribution in [0.5, 0.6) is 0 Å². The summed E-state index contributed by atoms with van der Waals surface area (Å²) in [4.78, 5) is 0. The van der Waals surface area contributed by atoms with Crippen molar-refractivity contribution in [3.8, 4) is 11.1 Å². The second kappa shape index (κ2) is 6.44. The van der Waals surface area contributed by atoms with Crippen LogP contribution in [-0.2, 0) is 19.3 Å². The molecule has 2 aromatic rings. The minimum atomic E-state index is 0.283. The molecule has 1 heteroatoms. The Kier molecular flexibility index (Phi) is 4.40. The molecule has 0 bridgehead atoms. The van der Waals surface area contributed by atoms with Crippen molar-refractivity contribution in [1.82, 2.24) is 0 Å². The zero-order valence-corrected chi connectivity index (χ0v) is 12.9. The lowest BCUT2D eigenvalue weighted by Gasteiger charge is -2.16. The van der Waals surface area contributed by atoms with Gasteiger partial charge in [-0.25, -0.2) is 0 Å². The van der Waals surface area contributed by atoms with Crippen LogP contribution in [0.4, 0.5) is 0 Å². The lowest BCUT2D eigenvalue weighted by molar-refractivity contribution is 0.666. The molecular weight excluding hydrogens is 254 g/mol. The lowest BCUT2D eigenvalue weighted by Crippen LogP contribution is -2.15. The van der Waals surface area contributed by atoms with E-state index in [1.807, 2.05) is 0 Å². The molecule has 0 heterocycles. The molecule has 0 saturated carbocycles. The molecule has 0 amide bonds. The van der Waals surface area contributed by atoms with Crippen molar-refractivity contribution >= 4 is 0 Å². The van der Waals surface area contributed by atoms with Crippen LogP contribution >= 0.6 is 0 Å². The van der Waals surface area contributed by atoms with Gasteiger partial charge in [0.1, 0.15) is 0 Å². The summed E-state index contributed by atoms with van der Waals surface area (Å²) >= 11 is 0. The van der Waals surface area contributed by atoms with Crippen LogP contribution in [0.15, 0.2) is 42.5 Å². The monoisotopic (exact) mass is 279 g/mol. The van der Waals surface area contributed by atoms with E-state index in [9.17, 15) is 0 Å². The summed E-state index contributed by atoms with van der Waals surface area (Å²) in [6.45, 7) is 2.07. The normalized spacial score (nSPS) is 15.5. The maximum atomic E-state index is 5.83. The minimum Gasteiger partial charge on any atom is -0.328 e. The number of hydrogen-bond acceptors (Lipinski definition) is 1. The summed E-state index contributed by atoms with van der Waals surface area (Å²) in [7, 11) is 0. The fourth-order valence-corrected chi connectivity index (χ4v) is 3.17. The maximum absolute atomic E-state index is 5.83. The largest absolute Gasteiger partial charge is 0.328 e. The molecule has 3 rings (SSSR count). The molecule has 2 N–H and O–H groups in total. The van der Waals surface area contributed by atoms with E-state index in [0.717, 1.165) is 12.8 Å². The molecule has 0 saturated heterocycles. The predicted molar refractivity (Wildman–Crippen MR) is 90.5 cm³/mol. The standard InChI is InChI=1S/C20H25N/c1-15(21)6-7-16-8-10-18(11-9-16)20-13-12-17-4-2-3-5-19(17)14-20/h8-15H,2-7,21H2,1H3. The Balaban J connectivity index is 1.77. The molecule has 1 unspecified atom stereocenters. The molecule has 0 aliphatic heterocycles. The van der Waals surface area contributed by atoms with Gasteiger partial charge in [-0.2, -0.15) is 0 Å². The van der Waals surface area contributed by atoms with Crippen LogP contribution in [0, 0.1) is 0 Å². The number of nitrogens with two attached hydrogens (primary N) is 1. The Morgan fingerprint density at radius 3 is 2.29 bits per heavy atom. The summed E-state index contributed by atoms with van der Waals surface area (Å²) in [5.74, 6) is 0. The molecule has 0 fully saturated rings. The molecule has 0 aromatic heterocycles. The Morgan fingerprint density at radius 1 is 0.905 bits per heavy atom. The van der Waals surface area contributed by atoms with Gasteiger partial charge in [0.05, 0.1) is 0 Å². The second-order valence-corrected chi connectivity index (χ2v) is 6.40.